The summed E-state index contributed by atoms with van der Waals surface area (Å²) in [6, 6.07) is 4.80. The molecule has 0 fully saturated rings. The highest BCUT2D eigenvalue weighted by Gasteiger charge is 2.19. The number of rotatable bonds is 7. The second-order valence-electron chi connectivity index (χ2n) is 4.09. The minimum Gasteiger partial charge on any atom is -0.494 e. The highest BCUT2D eigenvalue weighted by Crippen LogP contribution is 2.21. The molecule has 0 aromatic heterocycles. The van der Waals surface area contributed by atoms with Crippen LogP contribution in [0.4, 0.5) is 4.39 Å². The third kappa shape index (κ3) is 3.53. The molecular weight excluding hydrogens is 235 g/mol. The summed E-state index contributed by atoms with van der Waals surface area (Å²) in [5.74, 6) is -0.420. The van der Waals surface area contributed by atoms with E-state index in [1.807, 2.05) is 6.92 Å². The summed E-state index contributed by atoms with van der Waals surface area (Å²) in [6.45, 7) is 1.98. The Bertz CT molecular complexity index is 404. The van der Waals surface area contributed by atoms with E-state index in [1.165, 1.54) is 20.3 Å². The molecule has 18 heavy (non-hydrogen) atoms. The van der Waals surface area contributed by atoms with Gasteiger partial charge < -0.3 is 9.47 Å². The van der Waals surface area contributed by atoms with Gasteiger partial charge in [-0.15, -0.1) is 0 Å². The zero-order chi connectivity index (χ0) is 13.5. The van der Waals surface area contributed by atoms with Crippen LogP contribution in [-0.4, -0.2) is 26.1 Å². The second-order valence-corrected chi connectivity index (χ2v) is 4.09. The Hall–Kier alpha value is -1.42. The standard InChI is InChI=1S/C14H19FO3/c1-4-6-12(17-2)11(16)9-10-7-5-8-13(18-3)14(10)15/h5,7-8,12H,4,6,9H2,1-3H3. The minimum absolute atomic E-state index is 0.0293. The fraction of sp³-hybridized carbons (Fsp3) is 0.500. The predicted molar refractivity (Wildman–Crippen MR) is 67.4 cm³/mol. The number of ketones is 1. The third-order valence-electron chi connectivity index (χ3n) is 2.82. The van der Waals surface area contributed by atoms with Gasteiger partial charge in [-0.05, 0) is 18.1 Å². The molecule has 0 amide bonds. The van der Waals surface area contributed by atoms with Crippen molar-refractivity contribution < 1.29 is 18.7 Å². The normalized spacial score (nSPS) is 12.2. The number of Topliss-reactive ketones (excluding diaryl/α,β-unsaturated/α-hetero) is 1. The lowest BCUT2D eigenvalue weighted by Crippen LogP contribution is -2.24. The molecule has 3 nitrogen and oxygen atoms in total. The Morgan fingerprint density at radius 1 is 1.39 bits per heavy atom. The fourth-order valence-corrected chi connectivity index (χ4v) is 1.82. The molecule has 0 aliphatic rings. The monoisotopic (exact) mass is 254 g/mol. The highest BCUT2D eigenvalue weighted by molar-refractivity contribution is 5.85. The van der Waals surface area contributed by atoms with E-state index in [0.29, 0.717) is 12.0 Å². The van der Waals surface area contributed by atoms with Gasteiger partial charge in [-0.1, -0.05) is 25.5 Å². The first-order valence-electron chi connectivity index (χ1n) is 6.00. The molecule has 1 unspecified atom stereocenters. The van der Waals surface area contributed by atoms with Gasteiger partial charge >= 0.3 is 0 Å². The summed E-state index contributed by atoms with van der Waals surface area (Å²) in [5.41, 5.74) is 0.345. The maximum Gasteiger partial charge on any atom is 0.168 e. The predicted octanol–water partition coefficient (Wildman–Crippen LogP) is 2.76. The summed E-state index contributed by atoms with van der Waals surface area (Å²) in [5, 5.41) is 0. The van der Waals surface area contributed by atoms with Crippen LogP contribution in [-0.2, 0) is 16.0 Å². The van der Waals surface area contributed by atoms with Gasteiger partial charge in [-0.25, -0.2) is 4.39 Å². The average Bonchev–Trinajstić information content (AvgIpc) is 2.38. The molecule has 100 valence electrons. The van der Waals surface area contributed by atoms with Crippen molar-refractivity contribution in [3.05, 3.63) is 29.6 Å². The smallest absolute Gasteiger partial charge is 0.168 e. The van der Waals surface area contributed by atoms with E-state index in [1.54, 1.807) is 12.1 Å². The van der Waals surface area contributed by atoms with Gasteiger partial charge in [-0.3, -0.25) is 4.79 Å². The van der Waals surface area contributed by atoms with Gasteiger partial charge in [0.1, 0.15) is 6.10 Å². The molecule has 0 saturated carbocycles. The molecule has 0 saturated heterocycles. The van der Waals surface area contributed by atoms with Crippen LogP contribution in [0.15, 0.2) is 18.2 Å². The molecule has 0 aliphatic heterocycles. The van der Waals surface area contributed by atoms with Crippen LogP contribution in [0.2, 0.25) is 0 Å². The van der Waals surface area contributed by atoms with Crippen molar-refractivity contribution in [1.29, 1.82) is 0 Å². The number of benzene rings is 1. The Labute approximate surface area is 107 Å². The molecule has 1 rings (SSSR count). The van der Waals surface area contributed by atoms with Crippen LogP contribution >= 0.6 is 0 Å². The van der Waals surface area contributed by atoms with Gasteiger partial charge in [0.25, 0.3) is 0 Å². The lowest BCUT2D eigenvalue weighted by molar-refractivity contribution is -0.128. The summed E-state index contributed by atoms with van der Waals surface area (Å²) in [7, 11) is 2.90. The van der Waals surface area contributed by atoms with E-state index in [4.69, 9.17) is 9.47 Å². The quantitative estimate of drug-likeness (QED) is 0.750. The number of carbonyl (C=O) groups is 1. The second kappa shape index (κ2) is 7.11. The molecule has 0 spiro atoms. The van der Waals surface area contributed by atoms with Crippen LogP contribution in [0.1, 0.15) is 25.3 Å². The molecule has 4 heteroatoms. The van der Waals surface area contributed by atoms with Crippen LogP contribution in [0.3, 0.4) is 0 Å². The van der Waals surface area contributed by atoms with Gasteiger partial charge in [-0.2, -0.15) is 0 Å². The van der Waals surface area contributed by atoms with Crippen molar-refractivity contribution in [3.63, 3.8) is 0 Å². The first-order valence-corrected chi connectivity index (χ1v) is 6.00. The molecule has 0 aliphatic carbocycles. The van der Waals surface area contributed by atoms with Crippen LogP contribution in [0.25, 0.3) is 0 Å². The van der Waals surface area contributed by atoms with Crippen molar-refractivity contribution in [3.8, 4) is 5.75 Å². The number of hydrogen-bond donors (Lipinski definition) is 0. The Morgan fingerprint density at radius 2 is 2.11 bits per heavy atom. The number of carbonyl (C=O) groups excluding carboxylic acids is 1. The number of hydrogen-bond acceptors (Lipinski definition) is 3. The Morgan fingerprint density at radius 3 is 2.67 bits per heavy atom. The van der Waals surface area contributed by atoms with Crippen molar-refractivity contribution in [1.82, 2.24) is 0 Å². The van der Waals surface area contributed by atoms with E-state index < -0.39 is 11.9 Å². The largest absolute Gasteiger partial charge is 0.494 e. The fourth-order valence-electron chi connectivity index (χ4n) is 1.82. The summed E-state index contributed by atoms with van der Waals surface area (Å²) < 4.78 is 23.9. The first-order chi connectivity index (χ1) is 8.63. The number of methoxy groups -OCH3 is 2. The molecule has 1 aromatic carbocycles. The van der Waals surface area contributed by atoms with Crippen molar-refractivity contribution >= 4 is 5.78 Å². The van der Waals surface area contributed by atoms with Gasteiger partial charge in [0.2, 0.25) is 0 Å². The SMILES string of the molecule is CCCC(OC)C(=O)Cc1cccc(OC)c1F. The maximum atomic E-state index is 13.9. The Balaban J connectivity index is 2.81. The van der Waals surface area contributed by atoms with E-state index in [0.717, 1.165) is 6.42 Å². The average molecular weight is 254 g/mol. The van der Waals surface area contributed by atoms with E-state index in [2.05, 4.69) is 0 Å². The molecule has 1 atom stereocenters. The molecule has 1 aromatic rings. The number of ether oxygens (including phenoxy) is 2. The first kappa shape index (κ1) is 14.6. The number of halogens is 1. The van der Waals surface area contributed by atoms with E-state index in [-0.39, 0.29) is 18.0 Å². The molecule has 0 bridgehead atoms. The van der Waals surface area contributed by atoms with Crippen molar-refractivity contribution in [2.24, 2.45) is 0 Å². The molecule has 0 N–H and O–H groups in total. The Kier molecular flexibility index (Phi) is 5.78. The van der Waals surface area contributed by atoms with Crippen molar-refractivity contribution in [2.75, 3.05) is 14.2 Å². The summed E-state index contributed by atoms with van der Waals surface area (Å²) >= 11 is 0. The van der Waals surface area contributed by atoms with E-state index >= 15 is 0 Å². The van der Waals surface area contributed by atoms with Crippen molar-refractivity contribution in [2.45, 2.75) is 32.3 Å². The van der Waals surface area contributed by atoms with Crippen LogP contribution in [0, 0.1) is 5.82 Å². The highest BCUT2D eigenvalue weighted by atomic mass is 19.1. The maximum absolute atomic E-state index is 13.9. The van der Waals surface area contributed by atoms with Crippen LogP contribution in [0.5, 0.6) is 5.75 Å². The van der Waals surface area contributed by atoms with Gasteiger partial charge in [0.05, 0.1) is 7.11 Å². The molecule has 0 radical (unpaired) electrons. The lowest BCUT2D eigenvalue weighted by atomic mass is 10.0. The third-order valence-corrected chi connectivity index (χ3v) is 2.82. The van der Waals surface area contributed by atoms with Gasteiger partial charge in [0, 0.05) is 13.5 Å². The summed E-state index contributed by atoms with van der Waals surface area (Å²) in [4.78, 5) is 12.0. The van der Waals surface area contributed by atoms with Gasteiger partial charge in [0.15, 0.2) is 17.3 Å². The van der Waals surface area contributed by atoms with Crippen LogP contribution < -0.4 is 4.74 Å². The van der Waals surface area contributed by atoms with E-state index in [9.17, 15) is 9.18 Å². The zero-order valence-corrected chi connectivity index (χ0v) is 11.0. The minimum atomic E-state index is -0.472. The summed E-state index contributed by atoms with van der Waals surface area (Å²) in [6.07, 6.45) is 1.08. The molecule has 0 heterocycles. The molecular formula is C14H19FO3. The lowest BCUT2D eigenvalue weighted by Gasteiger charge is -2.13. The topological polar surface area (TPSA) is 35.5 Å². The zero-order valence-electron chi connectivity index (χ0n) is 11.0.